The third-order valence-corrected chi connectivity index (χ3v) is 10.1. The van der Waals surface area contributed by atoms with E-state index in [0.29, 0.717) is 0 Å². The summed E-state index contributed by atoms with van der Waals surface area (Å²) < 4.78 is 17.3. The third-order valence-electron chi connectivity index (χ3n) is 10.1. The molecule has 18 nitrogen and oxygen atoms in total. The minimum atomic E-state index is -2.38. The number of amides is 1. The van der Waals surface area contributed by atoms with Crippen molar-refractivity contribution >= 4 is 29.2 Å². The van der Waals surface area contributed by atoms with Gasteiger partial charge in [-0.25, -0.2) is 0 Å². The molecular formula is C36H45N2NaO16. The van der Waals surface area contributed by atoms with Crippen LogP contribution < -0.4 is 45.1 Å². The number of hydrogen-bond donors (Lipinski definition) is 9. The van der Waals surface area contributed by atoms with Crippen molar-refractivity contribution in [2.45, 2.75) is 88.8 Å². The Balaban J connectivity index is 0.00000420. The van der Waals surface area contributed by atoms with E-state index in [1.165, 1.54) is 46.1 Å². The molecule has 0 bridgehead atoms. The summed E-state index contributed by atoms with van der Waals surface area (Å²) in [7, 11) is 1.29. The molecule has 9 N–H and O–H groups in total. The second kappa shape index (κ2) is 17.3. The summed E-state index contributed by atoms with van der Waals surface area (Å²) in [6, 6.07) is 3.21. The van der Waals surface area contributed by atoms with Gasteiger partial charge in [0.15, 0.2) is 17.9 Å². The van der Waals surface area contributed by atoms with Crippen molar-refractivity contribution in [1.29, 1.82) is 0 Å². The van der Waals surface area contributed by atoms with Crippen molar-refractivity contribution in [3.63, 3.8) is 0 Å². The third kappa shape index (κ3) is 8.45. The molecule has 2 aromatic carbocycles. The Morgan fingerprint density at radius 1 is 1.09 bits per heavy atom. The average molecular weight is 785 g/mol. The van der Waals surface area contributed by atoms with Crippen molar-refractivity contribution in [2.75, 3.05) is 26.9 Å². The number of nitrogens with one attached hydrogen (secondary N) is 2. The molecule has 3 aliphatic rings. The number of aliphatic hydroxyl groups is 5. The van der Waals surface area contributed by atoms with Gasteiger partial charge >= 0.3 is 35.5 Å². The maximum Gasteiger partial charge on any atom is 1.00 e. The molecule has 2 aromatic rings. The number of carbonyl (C=O) groups is 5. The second-order valence-corrected chi connectivity index (χ2v) is 14.3. The van der Waals surface area contributed by atoms with Gasteiger partial charge in [-0.3, -0.25) is 24.0 Å². The Bertz CT molecular complexity index is 1860. The van der Waals surface area contributed by atoms with E-state index in [9.17, 15) is 59.7 Å². The van der Waals surface area contributed by atoms with E-state index < -0.39 is 126 Å². The quantitative estimate of drug-likeness (QED) is 0.0455. The van der Waals surface area contributed by atoms with Crippen molar-refractivity contribution < 1.29 is 110 Å². The van der Waals surface area contributed by atoms with E-state index in [0.717, 1.165) is 0 Å². The number of aliphatic hydroxyl groups excluding tert-OH is 4. The van der Waals surface area contributed by atoms with Crippen molar-refractivity contribution in [2.24, 2.45) is 5.41 Å². The number of methoxy groups -OCH3 is 1. The van der Waals surface area contributed by atoms with Gasteiger partial charge in [0.1, 0.15) is 35.6 Å². The summed E-state index contributed by atoms with van der Waals surface area (Å²) in [6.07, 6.45) is -8.48. The van der Waals surface area contributed by atoms with Crippen LogP contribution in [0.1, 0.15) is 90.5 Å². The van der Waals surface area contributed by atoms with Gasteiger partial charge in [0.05, 0.1) is 61.2 Å². The van der Waals surface area contributed by atoms with Crippen LogP contribution in [-0.4, -0.2) is 128 Å². The van der Waals surface area contributed by atoms with Gasteiger partial charge in [-0.1, -0.05) is 26.0 Å². The Hall–Kier alpha value is -3.53. The van der Waals surface area contributed by atoms with E-state index in [2.05, 4.69) is 10.8 Å². The predicted molar refractivity (Wildman–Crippen MR) is 182 cm³/mol. The molecule has 5 rings (SSSR count). The molecule has 19 heteroatoms. The molecule has 1 aliphatic heterocycles. The largest absolute Gasteiger partial charge is 1.00 e. The normalized spacial score (nSPS) is 25.1. The summed E-state index contributed by atoms with van der Waals surface area (Å²) in [5, 5.41) is 77.1. The monoisotopic (exact) mass is 784 g/mol. The SMILES string of the molecule is COc1cccc2c1C(=O)c1c(O)c3c(c(O)c1C2=O)C[C@@](O)(C(=O)CO)C[C@@H]3OC1CC(NOC(=O)CCNC(=O)[C@H](O)C(C)(C)CO)C(O)C(C)O1.[H-].[Na+]. The van der Waals surface area contributed by atoms with Crippen LogP contribution >= 0.6 is 0 Å². The van der Waals surface area contributed by atoms with Gasteiger partial charge in [-0.15, -0.1) is 5.48 Å². The molecule has 1 heterocycles. The van der Waals surface area contributed by atoms with Gasteiger partial charge in [0.25, 0.3) is 0 Å². The maximum atomic E-state index is 13.9. The number of benzene rings is 2. The van der Waals surface area contributed by atoms with E-state index in [1.807, 2.05) is 0 Å². The molecule has 0 spiro atoms. The average Bonchev–Trinajstić information content (AvgIpc) is 3.14. The standard InChI is InChI=1S/C36H44N2O16.Na.H/c1-15-28(43)18(38-54-22(42)8-9-37-34(49)33(48)35(2,3)14-40)10-23(52-15)53-20-12-36(50,21(41)13-39)11-17-25(20)32(47)27-26(30(17)45)29(44)16-6-5-7-19(51-4)24(16)31(27)46;;/h5-7,15,18,20,23,28,33,38-40,43,45,47-48,50H,8-14H2,1-4H3,(H,37,49);;/q;+1;-1/t15?,18?,20-,23?,28?,33-,36-;;/m0../s1. The van der Waals surface area contributed by atoms with Crippen LogP contribution in [0.4, 0.5) is 0 Å². The van der Waals surface area contributed by atoms with E-state index >= 15 is 0 Å². The summed E-state index contributed by atoms with van der Waals surface area (Å²) >= 11 is 0. The number of fused-ring (bicyclic) bond motifs is 3. The zero-order valence-electron chi connectivity index (χ0n) is 32.0. The van der Waals surface area contributed by atoms with Gasteiger partial charge < -0.3 is 61.5 Å². The van der Waals surface area contributed by atoms with Gasteiger partial charge in [-0.05, 0) is 13.0 Å². The molecule has 4 unspecified atom stereocenters. The van der Waals surface area contributed by atoms with Crippen molar-refractivity contribution in [1.82, 2.24) is 10.8 Å². The minimum absolute atomic E-state index is 0. The molecule has 55 heavy (non-hydrogen) atoms. The molecule has 7 atom stereocenters. The zero-order valence-corrected chi connectivity index (χ0v) is 33.0. The van der Waals surface area contributed by atoms with Crippen LogP contribution in [0.15, 0.2) is 18.2 Å². The van der Waals surface area contributed by atoms with Gasteiger partial charge in [0, 0.05) is 47.9 Å². The Labute approximate surface area is 338 Å². The van der Waals surface area contributed by atoms with E-state index in [1.54, 1.807) is 0 Å². The Kier molecular flexibility index (Phi) is 13.9. The van der Waals surface area contributed by atoms with Crippen LogP contribution in [0, 0.1) is 5.41 Å². The number of phenols is 2. The van der Waals surface area contributed by atoms with Crippen molar-refractivity contribution in [3.8, 4) is 17.2 Å². The molecule has 2 aliphatic carbocycles. The first-order chi connectivity index (χ1) is 25.4. The van der Waals surface area contributed by atoms with Crippen LogP contribution in [0.3, 0.4) is 0 Å². The minimum Gasteiger partial charge on any atom is -1.00 e. The van der Waals surface area contributed by atoms with Gasteiger partial charge in [-0.2, -0.15) is 0 Å². The number of hydrogen-bond acceptors (Lipinski definition) is 17. The summed E-state index contributed by atoms with van der Waals surface area (Å²) in [5.74, 6) is -5.91. The number of carbonyl (C=O) groups excluding carboxylic acids is 5. The van der Waals surface area contributed by atoms with Crippen molar-refractivity contribution in [3.05, 3.63) is 51.6 Å². The first-order valence-electron chi connectivity index (χ1n) is 17.1. The number of rotatable bonds is 13. The summed E-state index contributed by atoms with van der Waals surface area (Å²) in [6.45, 7) is 2.64. The molecule has 1 saturated heterocycles. The fourth-order valence-corrected chi connectivity index (χ4v) is 6.85. The fourth-order valence-electron chi connectivity index (χ4n) is 6.85. The number of Topliss-reactive ketones (excluding diaryl/α,β-unsaturated/α-hetero) is 1. The number of phenolic OH excluding ortho intramolecular Hbond substituents is 2. The van der Waals surface area contributed by atoms with Crippen LogP contribution in [0.25, 0.3) is 0 Å². The fraction of sp³-hybridized carbons (Fsp3) is 0.528. The van der Waals surface area contributed by atoms with Gasteiger partial charge in [0.2, 0.25) is 11.7 Å². The van der Waals surface area contributed by atoms with Crippen LogP contribution in [0.5, 0.6) is 17.2 Å². The molecule has 0 radical (unpaired) electrons. The first kappa shape index (κ1) is 44.2. The molecule has 0 saturated carbocycles. The molecule has 1 fully saturated rings. The zero-order chi connectivity index (χ0) is 39.9. The topological polar surface area (TPSA) is 288 Å². The predicted octanol–water partition coefficient (Wildman–Crippen LogP) is -3.91. The molecule has 0 aromatic heterocycles. The maximum absolute atomic E-state index is 13.9. The van der Waals surface area contributed by atoms with Crippen LogP contribution in [0.2, 0.25) is 0 Å². The smallest absolute Gasteiger partial charge is 1.00 e. The Morgan fingerprint density at radius 3 is 2.40 bits per heavy atom. The second-order valence-electron chi connectivity index (χ2n) is 14.3. The molecular weight excluding hydrogens is 739 g/mol. The van der Waals surface area contributed by atoms with E-state index in [-0.39, 0.29) is 78.4 Å². The molecule has 296 valence electrons. The first-order valence-corrected chi connectivity index (χ1v) is 17.1. The molecule has 1 amide bonds. The Morgan fingerprint density at radius 2 is 1.76 bits per heavy atom. The summed E-state index contributed by atoms with van der Waals surface area (Å²) in [5.41, 5.74) is -2.94. The number of ether oxygens (including phenoxy) is 3. The number of ketones is 3. The number of hydroxylamine groups is 1. The number of aromatic hydroxyl groups is 2. The van der Waals surface area contributed by atoms with Crippen LogP contribution in [-0.2, 0) is 35.1 Å². The van der Waals surface area contributed by atoms with E-state index in [4.69, 9.17) is 19.0 Å². The summed E-state index contributed by atoms with van der Waals surface area (Å²) in [4.78, 5) is 70.2.